The molecule has 0 bridgehead atoms. The largest absolute Gasteiger partial charge is 1.00 e. The molecule has 0 aliphatic heterocycles. The van der Waals surface area contributed by atoms with E-state index in [4.69, 9.17) is 0 Å². The van der Waals surface area contributed by atoms with Crippen molar-refractivity contribution < 1.29 is 16.9 Å². The molecule has 0 heterocycles. The first-order valence-corrected chi connectivity index (χ1v) is 13.9. The number of nitrogens with zero attached hydrogens (tertiary/aromatic N) is 1. The maximum absolute atomic E-state index is 2.44. The van der Waals surface area contributed by atoms with Gasteiger partial charge < -0.3 is 16.9 Å². The molecule has 30 heavy (non-hydrogen) atoms. The Morgan fingerprint density at radius 2 is 0.533 bits per heavy atom. The van der Waals surface area contributed by atoms with E-state index in [0.29, 0.717) is 0 Å². The summed E-state index contributed by atoms with van der Waals surface area (Å²) in [6.45, 7) is 7.37. The highest BCUT2D eigenvalue weighted by Crippen LogP contribution is 2.14. The van der Waals surface area contributed by atoms with Crippen LogP contribution in [0.1, 0.15) is 155 Å². The number of unbranched alkanes of at least 4 members (excludes halogenated alkanes) is 20. The van der Waals surface area contributed by atoms with E-state index in [1.807, 2.05) is 0 Å². The molecule has 0 aliphatic carbocycles. The average molecular weight is 446 g/mol. The fourth-order valence-electron chi connectivity index (χ4n) is 4.52. The zero-order chi connectivity index (χ0) is 21.5. The van der Waals surface area contributed by atoms with E-state index in [2.05, 4.69) is 27.9 Å². The molecule has 0 aromatic heterocycles. The Morgan fingerprint density at radius 3 is 0.767 bits per heavy atom. The standard InChI is InChI=1S/C28H60N.ClH/c1-5-7-9-11-13-14-15-16-17-18-19-20-21-22-24-26-28-29(3,4)27-25-23-12-10-8-6-2;/h5-28H2,1-4H3;1H/q+1;/p-1. The van der Waals surface area contributed by atoms with E-state index in [0.717, 1.165) is 0 Å². The highest BCUT2D eigenvalue weighted by atomic mass is 35.5. The summed E-state index contributed by atoms with van der Waals surface area (Å²) in [5.41, 5.74) is 0. The summed E-state index contributed by atoms with van der Waals surface area (Å²) in [7, 11) is 4.88. The van der Waals surface area contributed by atoms with Crippen molar-refractivity contribution in [3.8, 4) is 0 Å². The van der Waals surface area contributed by atoms with Gasteiger partial charge in [-0.05, 0) is 25.7 Å². The SMILES string of the molecule is CCCCCCCCCCCCCCCCCC[N+](C)(C)CCCCCCCC.[Cl-]. The lowest BCUT2D eigenvalue weighted by Crippen LogP contribution is -3.00. The molecule has 0 saturated heterocycles. The van der Waals surface area contributed by atoms with E-state index in [1.165, 1.54) is 159 Å². The fourth-order valence-corrected chi connectivity index (χ4v) is 4.52. The molecule has 0 spiro atoms. The molecule has 0 fully saturated rings. The molecule has 0 aromatic carbocycles. The summed E-state index contributed by atoms with van der Waals surface area (Å²) in [6.07, 6.45) is 32.0. The quantitative estimate of drug-likeness (QED) is 0.115. The summed E-state index contributed by atoms with van der Waals surface area (Å²) in [6, 6.07) is 0. The van der Waals surface area contributed by atoms with Crippen LogP contribution in [0.25, 0.3) is 0 Å². The van der Waals surface area contributed by atoms with Gasteiger partial charge in [0.1, 0.15) is 0 Å². The summed E-state index contributed by atoms with van der Waals surface area (Å²) < 4.78 is 1.24. The Morgan fingerprint density at radius 1 is 0.333 bits per heavy atom. The molecule has 184 valence electrons. The van der Waals surface area contributed by atoms with E-state index < -0.39 is 0 Å². The van der Waals surface area contributed by atoms with Crippen LogP contribution in [0.5, 0.6) is 0 Å². The highest BCUT2D eigenvalue weighted by Gasteiger charge is 2.13. The minimum atomic E-state index is 0. The van der Waals surface area contributed by atoms with Crippen molar-refractivity contribution in [1.82, 2.24) is 0 Å². The summed E-state index contributed by atoms with van der Waals surface area (Å²) >= 11 is 0. The molecule has 0 radical (unpaired) electrons. The zero-order valence-corrected chi connectivity index (χ0v) is 22.6. The second-order valence-corrected chi connectivity index (χ2v) is 10.5. The molecular weight excluding hydrogens is 386 g/mol. The first-order chi connectivity index (χ1) is 14.1. The molecule has 0 aliphatic rings. The fraction of sp³-hybridized carbons (Fsp3) is 1.00. The second kappa shape index (κ2) is 25.5. The predicted molar refractivity (Wildman–Crippen MR) is 135 cm³/mol. The van der Waals surface area contributed by atoms with Gasteiger partial charge in [-0.25, -0.2) is 0 Å². The maximum Gasteiger partial charge on any atom is 0.0782 e. The molecule has 0 rings (SSSR count). The van der Waals surface area contributed by atoms with Crippen LogP contribution in [0, 0.1) is 0 Å². The minimum absolute atomic E-state index is 0. The van der Waals surface area contributed by atoms with Crippen molar-refractivity contribution in [3.05, 3.63) is 0 Å². The highest BCUT2D eigenvalue weighted by molar-refractivity contribution is 4.50. The van der Waals surface area contributed by atoms with Crippen LogP contribution in [-0.4, -0.2) is 31.7 Å². The van der Waals surface area contributed by atoms with Gasteiger partial charge in [-0.2, -0.15) is 0 Å². The van der Waals surface area contributed by atoms with Crippen molar-refractivity contribution in [2.75, 3.05) is 27.2 Å². The van der Waals surface area contributed by atoms with E-state index in [9.17, 15) is 0 Å². The molecular formula is C28H60ClN. The van der Waals surface area contributed by atoms with E-state index in [-0.39, 0.29) is 12.4 Å². The first-order valence-electron chi connectivity index (χ1n) is 13.9. The van der Waals surface area contributed by atoms with Crippen LogP contribution in [0.2, 0.25) is 0 Å². The smallest absolute Gasteiger partial charge is 0.0782 e. The maximum atomic E-state index is 2.44. The molecule has 0 atom stereocenters. The van der Waals surface area contributed by atoms with Crippen LogP contribution in [-0.2, 0) is 0 Å². The van der Waals surface area contributed by atoms with Crippen molar-refractivity contribution in [3.63, 3.8) is 0 Å². The van der Waals surface area contributed by atoms with Gasteiger partial charge >= 0.3 is 0 Å². The summed E-state index contributed by atoms with van der Waals surface area (Å²) in [5.74, 6) is 0. The van der Waals surface area contributed by atoms with Crippen LogP contribution in [0.3, 0.4) is 0 Å². The van der Waals surface area contributed by atoms with Gasteiger partial charge in [0.2, 0.25) is 0 Å². The van der Waals surface area contributed by atoms with Crippen molar-refractivity contribution in [1.29, 1.82) is 0 Å². The lowest BCUT2D eigenvalue weighted by molar-refractivity contribution is -0.890. The zero-order valence-electron chi connectivity index (χ0n) is 21.8. The van der Waals surface area contributed by atoms with Crippen LogP contribution >= 0.6 is 0 Å². The van der Waals surface area contributed by atoms with Crippen LogP contribution in [0.15, 0.2) is 0 Å². The van der Waals surface area contributed by atoms with Gasteiger partial charge in [-0.15, -0.1) is 0 Å². The third kappa shape index (κ3) is 26.3. The summed E-state index contributed by atoms with van der Waals surface area (Å²) in [5, 5.41) is 0. The number of halogens is 1. The number of quaternary nitrogens is 1. The van der Waals surface area contributed by atoms with E-state index >= 15 is 0 Å². The van der Waals surface area contributed by atoms with Gasteiger partial charge in [0.05, 0.1) is 27.2 Å². The molecule has 2 heteroatoms. The molecule has 0 N–H and O–H groups in total. The Balaban J connectivity index is 0. The first kappa shape index (κ1) is 32.4. The Hall–Kier alpha value is 0.250. The normalized spacial score (nSPS) is 11.6. The van der Waals surface area contributed by atoms with Crippen molar-refractivity contribution >= 4 is 0 Å². The Kier molecular flexibility index (Phi) is 27.6. The number of hydrogen-bond acceptors (Lipinski definition) is 0. The monoisotopic (exact) mass is 445 g/mol. The Bertz CT molecular complexity index is 303. The van der Waals surface area contributed by atoms with Gasteiger partial charge in [-0.3, -0.25) is 0 Å². The predicted octanol–water partition coefficient (Wildman–Crippen LogP) is 6.69. The van der Waals surface area contributed by atoms with Crippen LogP contribution in [0.4, 0.5) is 0 Å². The lowest BCUT2D eigenvalue weighted by atomic mass is 10.0. The lowest BCUT2D eigenvalue weighted by Gasteiger charge is -2.30. The van der Waals surface area contributed by atoms with Gasteiger partial charge in [0.15, 0.2) is 0 Å². The van der Waals surface area contributed by atoms with E-state index in [1.54, 1.807) is 0 Å². The Labute approximate surface area is 199 Å². The molecule has 0 saturated carbocycles. The second-order valence-electron chi connectivity index (χ2n) is 10.5. The van der Waals surface area contributed by atoms with Gasteiger partial charge in [0.25, 0.3) is 0 Å². The third-order valence-corrected chi connectivity index (χ3v) is 6.73. The van der Waals surface area contributed by atoms with Crippen molar-refractivity contribution in [2.45, 2.75) is 155 Å². The molecule has 0 amide bonds. The summed E-state index contributed by atoms with van der Waals surface area (Å²) in [4.78, 5) is 0. The topological polar surface area (TPSA) is 0 Å². The van der Waals surface area contributed by atoms with Crippen LogP contribution < -0.4 is 12.4 Å². The van der Waals surface area contributed by atoms with Crippen molar-refractivity contribution in [2.24, 2.45) is 0 Å². The molecule has 0 unspecified atom stereocenters. The number of hydrogen-bond donors (Lipinski definition) is 0. The van der Waals surface area contributed by atoms with Gasteiger partial charge in [0, 0.05) is 0 Å². The number of rotatable bonds is 24. The molecule has 0 aromatic rings. The minimum Gasteiger partial charge on any atom is -1.00 e. The third-order valence-electron chi connectivity index (χ3n) is 6.73. The molecule has 1 nitrogen and oxygen atoms in total. The average Bonchev–Trinajstić information content (AvgIpc) is 2.70. The van der Waals surface area contributed by atoms with Gasteiger partial charge in [-0.1, -0.05) is 129 Å².